The first-order valence-corrected chi connectivity index (χ1v) is 6.63. The van der Waals surface area contributed by atoms with Crippen molar-refractivity contribution in [1.82, 2.24) is 4.90 Å². The zero-order valence-corrected chi connectivity index (χ0v) is 11.2. The highest BCUT2D eigenvalue weighted by molar-refractivity contribution is 5.89. The molecule has 1 amide bonds. The summed E-state index contributed by atoms with van der Waals surface area (Å²) in [4.78, 5) is 13.4. The monoisotopic (exact) mass is 288 g/mol. The van der Waals surface area contributed by atoms with Gasteiger partial charge in [0.15, 0.2) is 0 Å². The van der Waals surface area contributed by atoms with Crippen LogP contribution in [0.5, 0.6) is 0 Å². The van der Waals surface area contributed by atoms with Crippen LogP contribution in [0, 0.1) is 11.6 Å². The van der Waals surface area contributed by atoms with Gasteiger partial charge in [-0.2, -0.15) is 0 Å². The van der Waals surface area contributed by atoms with E-state index in [1.807, 2.05) is 0 Å². The third kappa shape index (κ3) is 2.40. The van der Waals surface area contributed by atoms with Crippen LogP contribution in [-0.4, -0.2) is 16.8 Å². The summed E-state index contributed by atoms with van der Waals surface area (Å²) >= 11 is 0. The molecular weight excluding hydrogens is 274 g/mol. The summed E-state index contributed by atoms with van der Waals surface area (Å²) < 4.78 is 26.8. The van der Waals surface area contributed by atoms with Gasteiger partial charge in [0, 0.05) is 12.1 Å². The van der Waals surface area contributed by atoms with Crippen LogP contribution in [0.1, 0.15) is 17.2 Å². The molecule has 21 heavy (non-hydrogen) atoms. The average molecular weight is 288 g/mol. The Labute approximate surface area is 121 Å². The topological polar surface area (TPSA) is 46.3 Å². The summed E-state index contributed by atoms with van der Waals surface area (Å²) in [6.45, 7) is 0.284. The Morgan fingerprint density at radius 2 is 1.71 bits per heavy atom. The van der Waals surface area contributed by atoms with Crippen molar-refractivity contribution in [1.29, 1.82) is 0 Å². The van der Waals surface area contributed by atoms with E-state index in [4.69, 9.17) is 5.73 Å². The quantitative estimate of drug-likeness (QED) is 0.881. The maximum Gasteiger partial charge on any atom is 0.242 e. The number of carbonyl (C=O) groups is 1. The Kier molecular flexibility index (Phi) is 3.43. The van der Waals surface area contributed by atoms with Gasteiger partial charge in [0.1, 0.15) is 17.7 Å². The van der Waals surface area contributed by atoms with E-state index in [2.05, 4.69) is 0 Å². The predicted octanol–water partition coefficient (Wildman–Crippen LogP) is 2.38. The first-order chi connectivity index (χ1) is 10.1. The number of amides is 1. The number of nitrogens with zero attached hydrogens (tertiary/aromatic N) is 1. The molecule has 5 heteroatoms. The summed E-state index contributed by atoms with van der Waals surface area (Å²) in [5, 5.41) is 0. The zero-order valence-electron chi connectivity index (χ0n) is 11.2. The van der Waals surface area contributed by atoms with Gasteiger partial charge in [-0.25, -0.2) is 8.78 Å². The van der Waals surface area contributed by atoms with Gasteiger partial charge in [-0.1, -0.05) is 30.3 Å². The Morgan fingerprint density at radius 1 is 1.05 bits per heavy atom. The molecule has 0 unspecified atom stereocenters. The molecule has 2 aromatic carbocycles. The first kappa shape index (κ1) is 13.7. The molecule has 1 fully saturated rings. The highest BCUT2D eigenvalue weighted by Gasteiger charge is 2.46. The summed E-state index contributed by atoms with van der Waals surface area (Å²) in [5.41, 5.74) is 7.00. The van der Waals surface area contributed by atoms with Crippen molar-refractivity contribution in [2.45, 2.75) is 18.6 Å². The van der Waals surface area contributed by atoms with Crippen LogP contribution in [0.15, 0.2) is 48.5 Å². The van der Waals surface area contributed by atoms with Crippen LogP contribution in [0.2, 0.25) is 0 Å². The van der Waals surface area contributed by atoms with Crippen LogP contribution in [0.3, 0.4) is 0 Å². The molecule has 1 aliphatic heterocycles. The third-order valence-electron chi connectivity index (χ3n) is 3.73. The predicted molar refractivity (Wildman–Crippen MR) is 74.1 cm³/mol. The highest BCUT2D eigenvalue weighted by atomic mass is 19.1. The van der Waals surface area contributed by atoms with E-state index in [-0.39, 0.29) is 24.1 Å². The minimum Gasteiger partial charge on any atom is -0.328 e. The maximum atomic E-state index is 13.9. The zero-order chi connectivity index (χ0) is 15.0. The number of likely N-dealkylation sites (tertiary alicyclic amines) is 1. The molecule has 108 valence electrons. The Hall–Kier alpha value is -2.27. The minimum absolute atomic E-state index is 0.229. The molecule has 0 radical (unpaired) electrons. The summed E-state index contributed by atoms with van der Waals surface area (Å²) in [6.07, 6.45) is 0. The third-order valence-corrected chi connectivity index (χ3v) is 3.73. The number of hydrogen-bond donors (Lipinski definition) is 1. The molecular formula is C16H14F2N2O. The molecule has 0 spiro atoms. The van der Waals surface area contributed by atoms with Crippen LogP contribution >= 0.6 is 0 Å². The molecule has 2 N–H and O–H groups in total. The first-order valence-electron chi connectivity index (χ1n) is 6.63. The van der Waals surface area contributed by atoms with E-state index >= 15 is 0 Å². The van der Waals surface area contributed by atoms with Gasteiger partial charge in [-0.3, -0.25) is 4.79 Å². The van der Waals surface area contributed by atoms with Crippen molar-refractivity contribution in [2.24, 2.45) is 5.73 Å². The van der Waals surface area contributed by atoms with Gasteiger partial charge in [0.25, 0.3) is 0 Å². The number of benzene rings is 2. The summed E-state index contributed by atoms with van der Waals surface area (Å²) in [7, 11) is 0. The number of hydrogen-bond acceptors (Lipinski definition) is 2. The van der Waals surface area contributed by atoms with Crippen molar-refractivity contribution in [3.8, 4) is 0 Å². The van der Waals surface area contributed by atoms with Crippen LogP contribution in [-0.2, 0) is 11.3 Å². The number of carbonyl (C=O) groups excluding carboxylic acids is 1. The van der Waals surface area contributed by atoms with Crippen molar-refractivity contribution in [3.63, 3.8) is 0 Å². The molecule has 0 aliphatic carbocycles. The van der Waals surface area contributed by atoms with Gasteiger partial charge in [-0.15, -0.1) is 0 Å². The summed E-state index contributed by atoms with van der Waals surface area (Å²) in [6, 6.07) is 10.9. The van der Waals surface area contributed by atoms with E-state index in [0.29, 0.717) is 5.56 Å². The van der Waals surface area contributed by atoms with Crippen molar-refractivity contribution in [2.75, 3.05) is 0 Å². The Morgan fingerprint density at radius 3 is 2.38 bits per heavy atom. The number of β-lactam (4-membered cyclic amide) rings is 1. The highest BCUT2D eigenvalue weighted by Crippen LogP contribution is 2.36. The van der Waals surface area contributed by atoms with Crippen molar-refractivity contribution in [3.05, 3.63) is 71.3 Å². The fourth-order valence-corrected chi connectivity index (χ4v) is 2.61. The standard InChI is InChI=1S/C16H14F2N2O/c17-11-7-5-10(6-8-11)9-20-15(14(19)16(20)21)12-3-1-2-4-13(12)18/h1-8,14-15H,9,19H2/t14-,15-/m1/s1. The normalized spacial score (nSPS) is 21.3. The molecule has 1 aliphatic rings. The lowest BCUT2D eigenvalue weighted by atomic mass is 9.88. The lowest BCUT2D eigenvalue weighted by Gasteiger charge is -2.45. The van der Waals surface area contributed by atoms with Gasteiger partial charge >= 0.3 is 0 Å². The van der Waals surface area contributed by atoms with E-state index in [9.17, 15) is 13.6 Å². The maximum absolute atomic E-state index is 13.9. The van der Waals surface area contributed by atoms with Gasteiger partial charge in [-0.05, 0) is 23.8 Å². The summed E-state index contributed by atoms with van der Waals surface area (Å²) in [5.74, 6) is -0.946. The van der Waals surface area contributed by atoms with Gasteiger partial charge < -0.3 is 10.6 Å². The molecule has 1 heterocycles. The second-order valence-electron chi connectivity index (χ2n) is 5.08. The second-order valence-corrected chi connectivity index (χ2v) is 5.08. The molecule has 3 rings (SSSR count). The molecule has 2 atom stereocenters. The Bertz CT molecular complexity index is 672. The van der Waals surface area contributed by atoms with Crippen LogP contribution in [0.25, 0.3) is 0 Å². The van der Waals surface area contributed by atoms with Gasteiger partial charge in [0.05, 0.1) is 6.04 Å². The minimum atomic E-state index is -0.734. The van der Waals surface area contributed by atoms with E-state index in [1.54, 1.807) is 30.3 Å². The molecule has 1 saturated heterocycles. The fraction of sp³-hybridized carbons (Fsp3) is 0.188. The average Bonchev–Trinajstić information content (AvgIpc) is 2.50. The van der Waals surface area contributed by atoms with Crippen LogP contribution < -0.4 is 5.73 Å². The molecule has 0 bridgehead atoms. The number of nitrogens with two attached hydrogens (primary N) is 1. The number of halogens is 2. The SMILES string of the molecule is N[C@H]1C(=O)N(Cc2ccc(F)cc2)[C@@H]1c1ccccc1F. The lowest BCUT2D eigenvalue weighted by Crippen LogP contribution is -2.62. The molecule has 0 saturated carbocycles. The van der Waals surface area contributed by atoms with Crippen molar-refractivity contribution >= 4 is 5.91 Å². The smallest absolute Gasteiger partial charge is 0.242 e. The van der Waals surface area contributed by atoms with Crippen LogP contribution in [0.4, 0.5) is 8.78 Å². The lowest BCUT2D eigenvalue weighted by molar-refractivity contribution is -0.150. The largest absolute Gasteiger partial charge is 0.328 e. The molecule has 3 nitrogen and oxygen atoms in total. The van der Waals surface area contributed by atoms with E-state index in [1.165, 1.54) is 23.1 Å². The Balaban J connectivity index is 1.85. The van der Waals surface area contributed by atoms with E-state index < -0.39 is 12.1 Å². The number of rotatable bonds is 3. The molecule has 0 aromatic heterocycles. The van der Waals surface area contributed by atoms with E-state index in [0.717, 1.165) is 5.56 Å². The van der Waals surface area contributed by atoms with Crippen molar-refractivity contribution < 1.29 is 13.6 Å². The van der Waals surface area contributed by atoms with Gasteiger partial charge in [0.2, 0.25) is 5.91 Å². The fourth-order valence-electron chi connectivity index (χ4n) is 2.61. The molecule has 2 aromatic rings. The second kappa shape index (κ2) is 5.26.